The lowest BCUT2D eigenvalue weighted by Crippen LogP contribution is -2.46. The summed E-state index contributed by atoms with van der Waals surface area (Å²) >= 11 is 0. The smallest absolute Gasteiger partial charge is 0.254 e. The van der Waals surface area contributed by atoms with Crippen LogP contribution in [0.25, 0.3) is 0 Å². The molecule has 1 saturated heterocycles. The number of hydrogen-bond acceptors (Lipinski definition) is 5. The maximum atomic E-state index is 12.3. The molecule has 0 N–H and O–H groups in total. The average Bonchev–Trinajstić information content (AvgIpc) is 2.80. The van der Waals surface area contributed by atoms with Gasteiger partial charge in [0.1, 0.15) is 11.5 Å². The van der Waals surface area contributed by atoms with Gasteiger partial charge in [-0.25, -0.2) is 0 Å². The molecule has 2 heterocycles. The maximum Gasteiger partial charge on any atom is 0.254 e. The third kappa shape index (κ3) is 4.70. The van der Waals surface area contributed by atoms with E-state index in [1.165, 1.54) is 5.69 Å². The van der Waals surface area contributed by atoms with Gasteiger partial charge in [0.15, 0.2) is 0 Å². The molecule has 2 aromatic carbocycles. The van der Waals surface area contributed by atoms with Gasteiger partial charge in [0.05, 0.1) is 13.7 Å². The molecule has 0 aromatic heterocycles. The summed E-state index contributed by atoms with van der Waals surface area (Å²) in [7, 11) is 3.55. The van der Waals surface area contributed by atoms with Crippen molar-refractivity contribution in [3.05, 3.63) is 53.6 Å². The fourth-order valence-corrected chi connectivity index (χ4v) is 4.16. The van der Waals surface area contributed by atoms with Crippen LogP contribution in [0.4, 0.5) is 5.69 Å². The number of benzene rings is 2. The first-order chi connectivity index (χ1) is 14.6. The number of nitrogens with zero attached hydrogens (tertiary/aromatic N) is 3. The van der Waals surface area contributed by atoms with Crippen LogP contribution < -0.4 is 14.4 Å². The Balaban J connectivity index is 1.19. The quantitative estimate of drug-likeness (QED) is 0.658. The first-order valence-corrected chi connectivity index (χ1v) is 10.8. The number of fused-ring (bicyclic) bond motifs is 1. The van der Waals surface area contributed by atoms with Gasteiger partial charge in [-0.3, -0.25) is 9.69 Å². The van der Waals surface area contributed by atoms with Gasteiger partial charge >= 0.3 is 0 Å². The number of likely N-dealkylation sites (N-methyl/N-ethyl adjacent to an activating group) is 1. The molecule has 2 aliphatic heterocycles. The van der Waals surface area contributed by atoms with Crippen molar-refractivity contribution < 1.29 is 14.3 Å². The van der Waals surface area contributed by atoms with Gasteiger partial charge in [-0.15, -0.1) is 0 Å². The molecule has 0 unspecified atom stereocenters. The highest BCUT2D eigenvalue weighted by Crippen LogP contribution is 2.24. The summed E-state index contributed by atoms with van der Waals surface area (Å²) in [6.45, 7) is 6.68. The van der Waals surface area contributed by atoms with Crippen LogP contribution in [0.2, 0.25) is 0 Å². The topological polar surface area (TPSA) is 45.3 Å². The van der Waals surface area contributed by atoms with Gasteiger partial charge in [0.25, 0.3) is 5.91 Å². The monoisotopic (exact) mass is 409 g/mol. The van der Waals surface area contributed by atoms with Crippen LogP contribution in [0, 0.1) is 0 Å². The number of carbonyl (C=O) groups is 1. The molecule has 6 heteroatoms. The second-order valence-corrected chi connectivity index (χ2v) is 8.02. The molecule has 0 aliphatic carbocycles. The molecule has 0 spiro atoms. The minimum atomic E-state index is 0.0939. The number of ether oxygens (including phenoxy) is 2. The lowest BCUT2D eigenvalue weighted by atomic mass is 9.99. The van der Waals surface area contributed by atoms with Gasteiger partial charge in [-0.1, -0.05) is 6.07 Å². The molecule has 1 amide bonds. The Kier molecular flexibility index (Phi) is 6.43. The zero-order valence-corrected chi connectivity index (χ0v) is 18.0. The van der Waals surface area contributed by atoms with Crippen molar-refractivity contribution in [2.75, 3.05) is 64.9 Å². The lowest BCUT2D eigenvalue weighted by Gasteiger charge is -2.36. The summed E-state index contributed by atoms with van der Waals surface area (Å²) in [6, 6.07) is 14.2. The van der Waals surface area contributed by atoms with E-state index in [0.717, 1.165) is 74.7 Å². The molecule has 30 heavy (non-hydrogen) atoms. The summed E-state index contributed by atoms with van der Waals surface area (Å²) in [6.07, 6.45) is 1.90. The lowest BCUT2D eigenvalue weighted by molar-refractivity contribution is 0.0780. The first kappa shape index (κ1) is 20.5. The number of methoxy groups -OCH3 is 1. The van der Waals surface area contributed by atoms with E-state index in [4.69, 9.17) is 9.47 Å². The number of carbonyl (C=O) groups excluding carboxylic acids is 1. The normalized spacial score (nSPS) is 17.1. The largest absolute Gasteiger partial charge is 0.497 e. The highest BCUT2D eigenvalue weighted by molar-refractivity contribution is 5.97. The molecule has 1 fully saturated rings. The number of hydrogen-bond donors (Lipinski definition) is 0. The molecular weight excluding hydrogens is 378 g/mol. The van der Waals surface area contributed by atoms with Crippen LogP contribution in [-0.4, -0.2) is 75.7 Å². The van der Waals surface area contributed by atoms with Crippen molar-refractivity contribution in [1.29, 1.82) is 0 Å². The zero-order chi connectivity index (χ0) is 20.9. The van der Waals surface area contributed by atoms with Crippen molar-refractivity contribution in [3.8, 4) is 11.5 Å². The molecule has 4 rings (SSSR count). The predicted octanol–water partition coefficient (Wildman–Crippen LogP) is 2.91. The summed E-state index contributed by atoms with van der Waals surface area (Å²) in [5, 5.41) is 0. The second-order valence-electron chi connectivity index (χ2n) is 8.02. The third-order valence-corrected chi connectivity index (χ3v) is 6.07. The highest BCUT2D eigenvalue weighted by atomic mass is 16.5. The van der Waals surface area contributed by atoms with Gasteiger partial charge < -0.3 is 19.3 Å². The van der Waals surface area contributed by atoms with Crippen LogP contribution in [0.3, 0.4) is 0 Å². The summed E-state index contributed by atoms with van der Waals surface area (Å²) in [5.74, 6) is 1.78. The Morgan fingerprint density at radius 1 is 0.933 bits per heavy atom. The fourth-order valence-electron chi connectivity index (χ4n) is 4.16. The van der Waals surface area contributed by atoms with Crippen LogP contribution in [0.1, 0.15) is 22.3 Å². The van der Waals surface area contributed by atoms with Crippen molar-refractivity contribution in [2.45, 2.75) is 12.8 Å². The molecular formula is C24H31N3O3. The standard InChI is InChI=1S/C24H31N3O3/c1-25-12-10-19-4-7-22(18-23(19)24(25)28)30-17-3-11-26-13-15-27(16-14-26)20-5-8-21(29-2)9-6-20/h4-9,18H,3,10-17H2,1-2H3. The van der Waals surface area contributed by atoms with Gasteiger partial charge in [0.2, 0.25) is 0 Å². The molecule has 6 nitrogen and oxygen atoms in total. The van der Waals surface area contributed by atoms with Crippen molar-refractivity contribution in [2.24, 2.45) is 0 Å². The third-order valence-electron chi connectivity index (χ3n) is 6.07. The van der Waals surface area contributed by atoms with Crippen LogP contribution in [0.5, 0.6) is 11.5 Å². The molecule has 0 atom stereocenters. The second kappa shape index (κ2) is 9.39. The minimum absolute atomic E-state index is 0.0939. The predicted molar refractivity (Wildman–Crippen MR) is 119 cm³/mol. The van der Waals surface area contributed by atoms with Crippen molar-refractivity contribution >= 4 is 11.6 Å². The van der Waals surface area contributed by atoms with E-state index < -0.39 is 0 Å². The van der Waals surface area contributed by atoms with Crippen LogP contribution >= 0.6 is 0 Å². The number of amides is 1. The highest BCUT2D eigenvalue weighted by Gasteiger charge is 2.22. The number of anilines is 1. The number of rotatable bonds is 7. The van der Waals surface area contributed by atoms with E-state index in [1.54, 1.807) is 12.0 Å². The Morgan fingerprint density at radius 2 is 1.67 bits per heavy atom. The molecule has 2 aliphatic rings. The van der Waals surface area contributed by atoms with Gasteiger partial charge in [0, 0.05) is 57.6 Å². The van der Waals surface area contributed by atoms with E-state index in [9.17, 15) is 4.79 Å². The Morgan fingerprint density at radius 3 is 2.40 bits per heavy atom. The fraction of sp³-hybridized carbons (Fsp3) is 0.458. The minimum Gasteiger partial charge on any atom is -0.497 e. The van der Waals surface area contributed by atoms with Gasteiger partial charge in [-0.2, -0.15) is 0 Å². The van der Waals surface area contributed by atoms with Crippen LogP contribution in [-0.2, 0) is 6.42 Å². The van der Waals surface area contributed by atoms with E-state index in [-0.39, 0.29) is 5.91 Å². The van der Waals surface area contributed by atoms with E-state index in [1.807, 2.05) is 37.4 Å². The maximum absolute atomic E-state index is 12.3. The SMILES string of the molecule is COc1ccc(N2CCN(CCCOc3ccc4c(c3)C(=O)N(C)CC4)CC2)cc1. The molecule has 0 radical (unpaired) electrons. The molecule has 0 saturated carbocycles. The van der Waals surface area contributed by atoms with E-state index in [0.29, 0.717) is 6.61 Å². The first-order valence-electron chi connectivity index (χ1n) is 10.8. The molecule has 0 bridgehead atoms. The Hall–Kier alpha value is -2.73. The molecule has 160 valence electrons. The van der Waals surface area contributed by atoms with E-state index in [2.05, 4.69) is 21.9 Å². The molecule has 2 aromatic rings. The van der Waals surface area contributed by atoms with Gasteiger partial charge in [-0.05, 0) is 54.8 Å². The summed E-state index contributed by atoms with van der Waals surface area (Å²) in [5.41, 5.74) is 3.17. The van der Waals surface area contributed by atoms with Crippen LogP contribution in [0.15, 0.2) is 42.5 Å². The average molecular weight is 410 g/mol. The number of piperazine rings is 1. The zero-order valence-electron chi connectivity index (χ0n) is 18.0. The Labute approximate surface area is 179 Å². The summed E-state index contributed by atoms with van der Waals surface area (Å²) < 4.78 is 11.2. The van der Waals surface area contributed by atoms with E-state index >= 15 is 0 Å². The van der Waals surface area contributed by atoms with Crippen molar-refractivity contribution in [3.63, 3.8) is 0 Å². The Bertz CT molecular complexity index is 860. The van der Waals surface area contributed by atoms with Crippen molar-refractivity contribution in [1.82, 2.24) is 9.80 Å². The summed E-state index contributed by atoms with van der Waals surface area (Å²) in [4.78, 5) is 19.0.